The first-order chi connectivity index (χ1) is 14.0. The zero-order chi connectivity index (χ0) is 20.8. The van der Waals surface area contributed by atoms with E-state index in [1.165, 1.54) is 7.11 Å². The summed E-state index contributed by atoms with van der Waals surface area (Å²) < 4.78 is 4.89. The minimum absolute atomic E-state index is 0.0491. The second kappa shape index (κ2) is 9.69. The van der Waals surface area contributed by atoms with Gasteiger partial charge in [0.05, 0.1) is 17.6 Å². The van der Waals surface area contributed by atoms with E-state index in [4.69, 9.17) is 4.74 Å². The van der Waals surface area contributed by atoms with E-state index in [1.54, 1.807) is 6.92 Å². The third-order valence-electron chi connectivity index (χ3n) is 5.25. The number of carbonyl (C=O) groups is 3. The lowest BCUT2D eigenvalue weighted by atomic mass is 9.89. The van der Waals surface area contributed by atoms with Gasteiger partial charge in [0, 0.05) is 12.5 Å². The summed E-state index contributed by atoms with van der Waals surface area (Å²) in [6.07, 6.45) is 4.94. The number of carbonyl (C=O) groups excluding carboxylic acids is 3. The van der Waals surface area contributed by atoms with Gasteiger partial charge in [0.1, 0.15) is 5.00 Å². The standard InChI is InChI=1S/C22H26N2O4S/c1-14-17(22(27)28-2)21(24-19(25)16-11-7-4-8-12-16)29-18(14)20(26)23-13-15-9-5-3-6-10-15/h3,5-6,9-10,16H,4,7-8,11-13H2,1-2H3,(H,23,26)(H,24,25). The molecule has 154 valence electrons. The molecule has 1 aliphatic rings. The number of hydrogen-bond acceptors (Lipinski definition) is 5. The van der Waals surface area contributed by atoms with Crippen molar-refractivity contribution in [2.24, 2.45) is 5.92 Å². The first-order valence-electron chi connectivity index (χ1n) is 9.86. The molecule has 2 aromatic rings. The number of rotatable bonds is 6. The molecule has 1 saturated carbocycles. The van der Waals surface area contributed by atoms with Gasteiger partial charge in [0.15, 0.2) is 0 Å². The molecule has 3 rings (SSSR count). The third kappa shape index (κ3) is 5.03. The molecule has 1 aliphatic carbocycles. The summed E-state index contributed by atoms with van der Waals surface area (Å²) in [7, 11) is 1.29. The average molecular weight is 415 g/mol. The SMILES string of the molecule is COC(=O)c1c(NC(=O)C2CCCCC2)sc(C(=O)NCc2ccccc2)c1C. The summed E-state index contributed by atoms with van der Waals surface area (Å²) in [5.74, 6) is -0.973. The fraction of sp³-hybridized carbons (Fsp3) is 0.409. The number of esters is 1. The van der Waals surface area contributed by atoms with Crippen LogP contribution in [-0.2, 0) is 16.1 Å². The summed E-state index contributed by atoms with van der Waals surface area (Å²) >= 11 is 1.12. The van der Waals surface area contributed by atoms with Gasteiger partial charge in [-0.05, 0) is 30.9 Å². The van der Waals surface area contributed by atoms with Crippen LogP contribution >= 0.6 is 11.3 Å². The van der Waals surface area contributed by atoms with Crippen LogP contribution in [0.2, 0.25) is 0 Å². The molecule has 1 aromatic heterocycles. The zero-order valence-electron chi connectivity index (χ0n) is 16.7. The highest BCUT2D eigenvalue weighted by atomic mass is 32.1. The van der Waals surface area contributed by atoms with Crippen molar-refractivity contribution in [3.63, 3.8) is 0 Å². The zero-order valence-corrected chi connectivity index (χ0v) is 17.6. The Hall–Kier alpha value is -2.67. The molecule has 29 heavy (non-hydrogen) atoms. The van der Waals surface area contributed by atoms with Gasteiger partial charge in [0.2, 0.25) is 5.91 Å². The number of ether oxygens (including phenoxy) is 1. The third-order valence-corrected chi connectivity index (χ3v) is 6.46. The lowest BCUT2D eigenvalue weighted by molar-refractivity contribution is -0.120. The molecule has 2 N–H and O–H groups in total. The topological polar surface area (TPSA) is 84.5 Å². The Bertz CT molecular complexity index is 886. The summed E-state index contributed by atoms with van der Waals surface area (Å²) in [5, 5.41) is 6.15. The quantitative estimate of drug-likeness (QED) is 0.691. The first kappa shape index (κ1) is 21.0. The largest absolute Gasteiger partial charge is 0.465 e. The van der Waals surface area contributed by atoms with E-state index in [9.17, 15) is 14.4 Å². The van der Waals surface area contributed by atoms with Crippen LogP contribution < -0.4 is 10.6 Å². The second-order valence-corrected chi connectivity index (χ2v) is 8.26. The van der Waals surface area contributed by atoms with Gasteiger partial charge < -0.3 is 15.4 Å². The van der Waals surface area contributed by atoms with Crippen molar-refractivity contribution in [1.29, 1.82) is 0 Å². The van der Waals surface area contributed by atoms with Crippen molar-refractivity contribution in [2.75, 3.05) is 12.4 Å². The fourth-order valence-corrected chi connectivity index (χ4v) is 4.72. The van der Waals surface area contributed by atoms with Gasteiger partial charge in [-0.2, -0.15) is 0 Å². The van der Waals surface area contributed by atoms with E-state index in [1.807, 2.05) is 30.3 Å². The van der Waals surface area contributed by atoms with Crippen molar-refractivity contribution in [3.8, 4) is 0 Å². The molecule has 0 bridgehead atoms. The monoisotopic (exact) mass is 414 g/mol. The summed E-state index contributed by atoms with van der Waals surface area (Å²) in [5.41, 5.74) is 1.76. The van der Waals surface area contributed by atoms with Crippen molar-refractivity contribution in [2.45, 2.75) is 45.6 Å². The number of thiophene rings is 1. The number of nitrogens with one attached hydrogen (secondary N) is 2. The van der Waals surface area contributed by atoms with Crippen LogP contribution in [0, 0.1) is 12.8 Å². The van der Waals surface area contributed by atoms with E-state index in [0.717, 1.165) is 49.0 Å². The summed E-state index contributed by atoms with van der Waals surface area (Å²) in [4.78, 5) is 38.1. The maximum Gasteiger partial charge on any atom is 0.341 e. The Morgan fingerprint density at radius 2 is 1.79 bits per heavy atom. The molecule has 0 radical (unpaired) electrons. The molecule has 1 aromatic carbocycles. The average Bonchev–Trinajstić information content (AvgIpc) is 3.08. The fourth-order valence-electron chi connectivity index (χ4n) is 3.60. The Morgan fingerprint density at radius 1 is 1.10 bits per heavy atom. The number of amides is 2. The van der Waals surface area contributed by atoms with Gasteiger partial charge in [0.25, 0.3) is 5.91 Å². The van der Waals surface area contributed by atoms with Crippen molar-refractivity contribution >= 4 is 34.1 Å². The van der Waals surface area contributed by atoms with E-state index < -0.39 is 5.97 Å². The van der Waals surface area contributed by atoms with Crippen molar-refractivity contribution in [3.05, 3.63) is 51.9 Å². The van der Waals surface area contributed by atoms with Crippen LogP contribution in [0.1, 0.15) is 63.3 Å². The van der Waals surface area contributed by atoms with Crippen LogP contribution in [0.5, 0.6) is 0 Å². The van der Waals surface area contributed by atoms with Gasteiger partial charge in [-0.25, -0.2) is 4.79 Å². The highest BCUT2D eigenvalue weighted by Crippen LogP contribution is 2.35. The van der Waals surface area contributed by atoms with Crippen LogP contribution in [-0.4, -0.2) is 24.9 Å². The van der Waals surface area contributed by atoms with Gasteiger partial charge in [-0.1, -0.05) is 49.6 Å². The van der Waals surface area contributed by atoms with E-state index in [-0.39, 0.29) is 23.3 Å². The maximum atomic E-state index is 12.7. The predicted octanol–water partition coefficient (Wildman–Crippen LogP) is 4.29. The molecular formula is C22H26N2O4S. The molecule has 1 heterocycles. The van der Waals surface area contributed by atoms with Crippen LogP contribution in [0.15, 0.2) is 30.3 Å². The Balaban J connectivity index is 1.79. The van der Waals surface area contributed by atoms with Crippen LogP contribution in [0.4, 0.5) is 5.00 Å². The lowest BCUT2D eigenvalue weighted by Crippen LogP contribution is -2.25. The predicted molar refractivity (Wildman–Crippen MR) is 113 cm³/mol. The molecule has 0 unspecified atom stereocenters. The van der Waals surface area contributed by atoms with Crippen molar-refractivity contribution in [1.82, 2.24) is 5.32 Å². The lowest BCUT2D eigenvalue weighted by Gasteiger charge is -2.20. The molecule has 6 nitrogen and oxygen atoms in total. The summed E-state index contributed by atoms with van der Waals surface area (Å²) in [6, 6.07) is 9.59. The Kier molecular flexibility index (Phi) is 7.04. The van der Waals surface area contributed by atoms with Crippen LogP contribution in [0.25, 0.3) is 0 Å². The molecule has 0 saturated heterocycles. The molecule has 2 amide bonds. The van der Waals surface area contributed by atoms with Gasteiger partial charge in [-0.15, -0.1) is 11.3 Å². The molecule has 0 atom stereocenters. The first-order valence-corrected chi connectivity index (χ1v) is 10.7. The number of benzene rings is 1. The van der Waals surface area contributed by atoms with Crippen molar-refractivity contribution < 1.29 is 19.1 Å². The molecule has 0 aliphatic heterocycles. The number of anilines is 1. The molecular weight excluding hydrogens is 388 g/mol. The molecule has 7 heteroatoms. The van der Waals surface area contributed by atoms with E-state index in [0.29, 0.717) is 22.0 Å². The van der Waals surface area contributed by atoms with Gasteiger partial charge >= 0.3 is 5.97 Å². The second-order valence-electron chi connectivity index (χ2n) is 7.24. The molecule has 1 fully saturated rings. The minimum Gasteiger partial charge on any atom is -0.465 e. The van der Waals surface area contributed by atoms with Crippen LogP contribution in [0.3, 0.4) is 0 Å². The highest BCUT2D eigenvalue weighted by Gasteiger charge is 2.28. The smallest absolute Gasteiger partial charge is 0.341 e. The number of methoxy groups -OCH3 is 1. The normalized spacial score (nSPS) is 14.3. The highest BCUT2D eigenvalue weighted by molar-refractivity contribution is 7.18. The van der Waals surface area contributed by atoms with Gasteiger partial charge in [-0.3, -0.25) is 9.59 Å². The Labute approximate surface area is 174 Å². The number of hydrogen-bond donors (Lipinski definition) is 2. The molecule has 0 spiro atoms. The van der Waals surface area contributed by atoms with E-state index >= 15 is 0 Å². The maximum absolute atomic E-state index is 12.7. The Morgan fingerprint density at radius 3 is 2.45 bits per heavy atom. The minimum atomic E-state index is -0.556. The summed E-state index contributed by atoms with van der Waals surface area (Å²) in [6.45, 7) is 2.09. The van der Waals surface area contributed by atoms with E-state index in [2.05, 4.69) is 10.6 Å².